The summed E-state index contributed by atoms with van der Waals surface area (Å²) in [4.78, 5) is 17.6. The van der Waals surface area contributed by atoms with Crippen LogP contribution in [-0.4, -0.2) is 74.5 Å². The van der Waals surface area contributed by atoms with E-state index in [0.29, 0.717) is 60.3 Å². The topological polar surface area (TPSA) is 109 Å². The van der Waals surface area contributed by atoms with Gasteiger partial charge in [-0.15, -0.1) is 0 Å². The smallest absolute Gasteiger partial charge is 0.226 e. The summed E-state index contributed by atoms with van der Waals surface area (Å²) in [5, 5.41) is 17.0. The van der Waals surface area contributed by atoms with Gasteiger partial charge in [0.05, 0.1) is 28.6 Å². The number of fused-ring (bicyclic) bond motifs is 1. The summed E-state index contributed by atoms with van der Waals surface area (Å²) in [5.74, 6) is 2.78. The van der Waals surface area contributed by atoms with Crippen molar-refractivity contribution < 1.29 is 13.2 Å². The number of nitrogens with zero attached hydrogens (tertiary/aromatic N) is 5. The molecular weight excluding hydrogens is 524 g/mol. The van der Waals surface area contributed by atoms with Gasteiger partial charge in [-0.3, -0.25) is 9.80 Å². The number of likely N-dealkylation sites (tertiary alicyclic amines) is 2. The number of halogens is 1. The number of carbonyl (C=O) groups is 1. The van der Waals surface area contributed by atoms with Crippen molar-refractivity contribution in [3.8, 4) is 6.07 Å². The minimum atomic E-state index is -3.22. The monoisotopic (exact) mass is 558 g/mol. The Morgan fingerprint density at radius 1 is 1.13 bits per heavy atom. The lowest BCUT2D eigenvalue weighted by molar-refractivity contribution is -0.134. The van der Waals surface area contributed by atoms with Crippen LogP contribution in [0.3, 0.4) is 0 Å². The average molecular weight is 559 g/mol. The van der Waals surface area contributed by atoms with Crippen molar-refractivity contribution in [1.82, 2.24) is 14.5 Å². The Morgan fingerprint density at radius 2 is 1.82 bits per heavy atom. The normalized spacial score (nSPS) is 29.9. The second-order valence-corrected chi connectivity index (χ2v) is 13.9. The molecule has 5 aliphatic rings. The fourth-order valence-electron chi connectivity index (χ4n) is 7.23. The van der Waals surface area contributed by atoms with Crippen LogP contribution in [0.4, 0.5) is 5.69 Å². The van der Waals surface area contributed by atoms with Crippen molar-refractivity contribution in [3.63, 3.8) is 0 Å². The number of piperidine rings is 2. The number of hydrazone groups is 1. The summed E-state index contributed by atoms with van der Waals surface area (Å²) in [6, 6.07) is 7.94. The molecule has 38 heavy (non-hydrogen) atoms. The Hall–Kier alpha value is -2.35. The molecule has 0 radical (unpaired) electrons. The van der Waals surface area contributed by atoms with Crippen LogP contribution in [-0.2, 0) is 14.8 Å². The molecule has 4 fully saturated rings. The van der Waals surface area contributed by atoms with Gasteiger partial charge in [-0.25, -0.2) is 13.1 Å². The highest BCUT2D eigenvalue weighted by atomic mass is 35.5. The quantitative estimate of drug-likeness (QED) is 0.595. The zero-order valence-electron chi connectivity index (χ0n) is 21.7. The number of nitrogens with one attached hydrogen (secondary N) is 1. The van der Waals surface area contributed by atoms with Gasteiger partial charge in [-0.1, -0.05) is 24.4 Å². The minimum absolute atomic E-state index is 0.0784. The molecule has 3 heterocycles. The fourth-order valence-corrected chi connectivity index (χ4v) is 8.29. The molecule has 1 amide bonds. The summed E-state index contributed by atoms with van der Waals surface area (Å²) in [6.45, 7) is 2.96. The van der Waals surface area contributed by atoms with E-state index < -0.39 is 10.0 Å². The Balaban J connectivity index is 1.09. The highest BCUT2D eigenvalue weighted by molar-refractivity contribution is 7.88. The first-order valence-electron chi connectivity index (χ1n) is 13.8. The third kappa shape index (κ3) is 5.01. The van der Waals surface area contributed by atoms with E-state index in [4.69, 9.17) is 16.7 Å². The first kappa shape index (κ1) is 25.9. The molecule has 0 aromatic heterocycles. The number of carbonyl (C=O) groups excluding carboxylic acids is 1. The molecular formula is C27H35ClN6O3S. The minimum Gasteiger partial charge on any atom is -0.358 e. The third-order valence-electron chi connectivity index (χ3n) is 9.24. The molecule has 0 spiro atoms. The van der Waals surface area contributed by atoms with Crippen LogP contribution in [0.2, 0.25) is 5.02 Å². The average Bonchev–Trinajstić information content (AvgIpc) is 3.38. The first-order valence-corrected chi connectivity index (χ1v) is 16.1. The molecule has 2 unspecified atom stereocenters. The van der Waals surface area contributed by atoms with Crippen molar-refractivity contribution >= 4 is 39.1 Å². The number of hydrogen-bond donors (Lipinski definition) is 1. The molecule has 1 aromatic rings. The highest BCUT2D eigenvalue weighted by Crippen LogP contribution is 2.53. The lowest BCUT2D eigenvalue weighted by Gasteiger charge is -2.33. The van der Waals surface area contributed by atoms with Crippen LogP contribution in [0.15, 0.2) is 23.3 Å². The van der Waals surface area contributed by atoms with Crippen LogP contribution in [0.1, 0.15) is 50.5 Å². The zero-order chi connectivity index (χ0) is 26.6. The summed E-state index contributed by atoms with van der Waals surface area (Å²) < 4.78 is 25.7. The van der Waals surface area contributed by atoms with Crippen LogP contribution in [0, 0.1) is 35.0 Å². The predicted octanol–water partition coefficient (Wildman–Crippen LogP) is 3.01. The van der Waals surface area contributed by atoms with Gasteiger partial charge in [0.15, 0.2) is 0 Å². The fraction of sp³-hybridized carbons (Fsp3) is 0.667. The lowest BCUT2D eigenvalue weighted by atomic mass is 9.94. The maximum absolute atomic E-state index is 13.2. The Bertz CT molecular complexity index is 1270. The van der Waals surface area contributed by atoms with E-state index in [1.165, 1.54) is 31.9 Å². The largest absolute Gasteiger partial charge is 0.358 e. The van der Waals surface area contributed by atoms with Gasteiger partial charge in [0, 0.05) is 44.6 Å². The van der Waals surface area contributed by atoms with Crippen LogP contribution >= 0.6 is 11.6 Å². The molecule has 2 saturated heterocycles. The SMILES string of the molecule is CS(=O)(=O)NC1CCN(C(=O)C2[C@H]3CN(C4=NN(c5ccc(C#N)c(Cl)c5)C(C5CCCC5)C4)C[C@@H]23)CC1. The second kappa shape index (κ2) is 10.00. The number of benzene rings is 1. The molecule has 0 bridgehead atoms. The molecule has 11 heteroatoms. The standard InChI is InChI=1S/C27H35ClN6O3S/c1-38(36,37)31-19-8-10-32(11-9-19)27(35)26-21-15-33(16-22(21)26)25-13-24(17-4-2-3-5-17)34(30-25)20-7-6-18(14-29)23(28)12-20/h6-7,12,17,19,21-22,24,26,31H,2-5,8-11,13,15-16H2,1H3/t21-,22+,24?,26?. The number of rotatable bonds is 5. The Morgan fingerprint density at radius 3 is 2.42 bits per heavy atom. The van der Waals surface area contributed by atoms with Crippen molar-refractivity contribution in [2.24, 2.45) is 28.8 Å². The summed E-state index contributed by atoms with van der Waals surface area (Å²) in [5.41, 5.74) is 1.41. The van der Waals surface area contributed by atoms with Gasteiger partial charge in [0.2, 0.25) is 15.9 Å². The Kier molecular flexibility index (Phi) is 6.81. The number of anilines is 1. The Labute approximate surface area is 229 Å². The number of amides is 1. The molecule has 1 aromatic carbocycles. The van der Waals surface area contributed by atoms with Crippen LogP contribution < -0.4 is 9.73 Å². The number of hydrogen-bond acceptors (Lipinski definition) is 7. The van der Waals surface area contributed by atoms with Gasteiger partial charge in [0.25, 0.3) is 0 Å². The van der Waals surface area contributed by atoms with E-state index >= 15 is 0 Å². The van der Waals surface area contributed by atoms with E-state index in [1.807, 2.05) is 17.0 Å². The lowest BCUT2D eigenvalue weighted by Crippen LogP contribution is -2.47. The van der Waals surface area contributed by atoms with Crippen molar-refractivity contribution in [1.29, 1.82) is 5.26 Å². The van der Waals surface area contributed by atoms with Gasteiger partial charge < -0.3 is 9.80 Å². The van der Waals surface area contributed by atoms with E-state index in [-0.39, 0.29) is 17.9 Å². The summed E-state index contributed by atoms with van der Waals surface area (Å²) >= 11 is 6.38. The highest BCUT2D eigenvalue weighted by Gasteiger charge is 2.61. The molecule has 9 nitrogen and oxygen atoms in total. The molecule has 6 rings (SSSR count). The van der Waals surface area contributed by atoms with Gasteiger partial charge >= 0.3 is 0 Å². The second-order valence-electron chi connectivity index (χ2n) is 11.7. The number of nitriles is 1. The molecule has 3 aliphatic heterocycles. The van der Waals surface area contributed by atoms with Gasteiger partial charge in [0.1, 0.15) is 11.9 Å². The number of sulfonamides is 1. The molecule has 2 aliphatic carbocycles. The summed E-state index contributed by atoms with van der Waals surface area (Å²) in [7, 11) is -3.22. The van der Waals surface area contributed by atoms with Gasteiger partial charge in [-0.2, -0.15) is 10.4 Å². The zero-order valence-corrected chi connectivity index (χ0v) is 23.3. The van der Waals surface area contributed by atoms with Gasteiger partial charge in [-0.05, 0) is 61.6 Å². The van der Waals surface area contributed by atoms with E-state index in [2.05, 4.69) is 20.7 Å². The van der Waals surface area contributed by atoms with E-state index in [9.17, 15) is 18.5 Å². The predicted molar refractivity (Wildman–Crippen MR) is 146 cm³/mol. The summed E-state index contributed by atoms with van der Waals surface area (Å²) in [6.07, 6.45) is 8.38. The molecule has 2 saturated carbocycles. The van der Waals surface area contributed by atoms with Crippen molar-refractivity contribution in [2.75, 3.05) is 37.4 Å². The van der Waals surface area contributed by atoms with E-state index in [0.717, 1.165) is 31.0 Å². The van der Waals surface area contributed by atoms with Crippen LogP contribution in [0.5, 0.6) is 0 Å². The van der Waals surface area contributed by atoms with Crippen molar-refractivity contribution in [2.45, 2.75) is 57.0 Å². The molecule has 1 N–H and O–H groups in total. The van der Waals surface area contributed by atoms with E-state index in [1.54, 1.807) is 6.07 Å². The maximum atomic E-state index is 13.2. The van der Waals surface area contributed by atoms with Crippen molar-refractivity contribution in [3.05, 3.63) is 28.8 Å². The van der Waals surface area contributed by atoms with Crippen LogP contribution in [0.25, 0.3) is 0 Å². The number of amidine groups is 1. The molecule has 4 atom stereocenters. The maximum Gasteiger partial charge on any atom is 0.226 e. The third-order valence-corrected chi connectivity index (χ3v) is 10.3. The first-order chi connectivity index (χ1) is 18.2. The molecule has 204 valence electrons.